The maximum absolute atomic E-state index is 14.8. The minimum atomic E-state index is -2.19. The van der Waals surface area contributed by atoms with E-state index in [1.807, 2.05) is 0 Å². The van der Waals surface area contributed by atoms with Gasteiger partial charge in [-0.2, -0.15) is 0 Å². The number of benzene rings is 2. The first kappa shape index (κ1) is 47.1. The van der Waals surface area contributed by atoms with Gasteiger partial charge in [-0.25, -0.2) is 9.18 Å². The van der Waals surface area contributed by atoms with Crippen LogP contribution in [0.25, 0.3) is 0 Å². The largest absolute Gasteiger partial charge is 0.462 e. The molecule has 15 nitrogen and oxygen atoms in total. The van der Waals surface area contributed by atoms with Gasteiger partial charge in [-0.05, 0) is 38.1 Å². The lowest BCUT2D eigenvalue weighted by Crippen LogP contribution is -2.46. The molecule has 16 heteroatoms. The minimum absolute atomic E-state index is 0.0642. The number of likely N-dealkylation sites (N-methyl/N-ethyl adjacent to an activating group) is 1. The molecule has 2 aromatic carbocycles. The van der Waals surface area contributed by atoms with Crippen LogP contribution in [0.3, 0.4) is 0 Å². The summed E-state index contributed by atoms with van der Waals surface area (Å²) in [6.45, 7) is 12.1. The first-order valence-electron chi connectivity index (χ1n) is 20.1. The molecule has 3 N–H and O–H groups in total. The fraction of sp³-hybridized carbons (Fsp3) is 0.435. The molecule has 5 bridgehead atoms. The van der Waals surface area contributed by atoms with Crippen molar-refractivity contribution in [3.8, 4) is 11.5 Å². The number of amides is 1. The predicted molar refractivity (Wildman–Crippen MR) is 222 cm³/mol. The lowest BCUT2D eigenvalue weighted by atomic mass is 9.78. The van der Waals surface area contributed by atoms with Gasteiger partial charge in [0.1, 0.15) is 34.8 Å². The molecule has 62 heavy (non-hydrogen) atoms. The molecule has 3 heterocycles. The third-order valence-corrected chi connectivity index (χ3v) is 11.6. The maximum Gasteiger partial charge on any atom is 0.343 e. The Hall–Kier alpha value is -5.97. The van der Waals surface area contributed by atoms with Crippen molar-refractivity contribution in [2.45, 2.75) is 85.6 Å². The number of methoxy groups -OCH3 is 1. The number of aliphatic hydroxyl groups is 2. The summed E-state index contributed by atoms with van der Waals surface area (Å²) >= 11 is 0. The molecule has 332 valence electrons. The number of aliphatic hydroxyl groups excluding tert-OH is 2. The zero-order valence-corrected chi connectivity index (χ0v) is 36.5. The van der Waals surface area contributed by atoms with Gasteiger partial charge in [0.2, 0.25) is 11.6 Å². The molecule has 9 unspecified atom stereocenters. The second kappa shape index (κ2) is 18.6. The van der Waals surface area contributed by atoms with E-state index in [-0.39, 0.29) is 33.7 Å². The molecule has 0 fully saturated rings. The molecule has 9 atom stereocenters. The lowest BCUT2D eigenvalue weighted by molar-refractivity contribution is -0.160. The van der Waals surface area contributed by atoms with Crippen molar-refractivity contribution < 1.29 is 67.1 Å². The van der Waals surface area contributed by atoms with Crippen molar-refractivity contribution >= 4 is 35.2 Å². The first-order chi connectivity index (χ1) is 29.1. The Morgan fingerprint density at radius 1 is 0.919 bits per heavy atom. The summed E-state index contributed by atoms with van der Waals surface area (Å²) in [5, 5.41) is 25.4. The number of allylic oxidation sites excluding steroid dienone is 4. The van der Waals surface area contributed by atoms with Gasteiger partial charge in [0.05, 0.1) is 46.8 Å². The normalized spacial score (nSPS) is 28.2. The van der Waals surface area contributed by atoms with Gasteiger partial charge in [-0.1, -0.05) is 52.0 Å². The van der Waals surface area contributed by atoms with Gasteiger partial charge in [0.25, 0.3) is 11.7 Å². The van der Waals surface area contributed by atoms with Crippen LogP contribution in [0.4, 0.5) is 4.39 Å². The number of ether oxygens (including phenoxy) is 5. The highest BCUT2D eigenvalue weighted by molar-refractivity contribution is 6.32. The van der Waals surface area contributed by atoms with Crippen molar-refractivity contribution in [1.29, 1.82) is 0 Å². The van der Waals surface area contributed by atoms with E-state index in [2.05, 4.69) is 5.32 Å². The minimum Gasteiger partial charge on any atom is -0.462 e. The number of fused-ring (bicyclic) bond motifs is 14. The Bertz CT molecular complexity index is 2310. The fourth-order valence-electron chi connectivity index (χ4n) is 7.98. The fourth-order valence-corrected chi connectivity index (χ4v) is 7.98. The van der Waals surface area contributed by atoms with E-state index in [0.717, 1.165) is 18.4 Å². The van der Waals surface area contributed by atoms with E-state index < -0.39 is 117 Å². The van der Waals surface area contributed by atoms with Crippen LogP contribution in [0.15, 0.2) is 71.8 Å². The summed E-state index contributed by atoms with van der Waals surface area (Å²) in [6.07, 6.45) is 3.06. The van der Waals surface area contributed by atoms with E-state index in [0.29, 0.717) is 0 Å². The summed E-state index contributed by atoms with van der Waals surface area (Å²) in [6, 6.07) is 4.59. The molecule has 3 aliphatic heterocycles. The SMILES string of the molecule is COC1C=COC2(C)Oc3c(C)c(OC(=O)c4cccc(F)c4)c4c(c3C2=O)C(=O)C(N(C)C)=C(NC(=O)C(C)=CC=CC(C)C(O)C(C)C(O)C(C)C(OC(C)=O)C1C)C4=O. The third-order valence-electron chi connectivity index (χ3n) is 11.6. The Labute approximate surface area is 359 Å². The Morgan fingerprint density at radius 2 is 1.60 bits per heavy atom. The molecule has 2 aromatic rings. The number of halogens is 1. The van der Waals surface area contributed by atoms with Crippen LogP contribution < -0.4 is 14.8 Å². The van der Waals surface area contributed by atoms with E-state index in [4.69, 9.17) is 23.7 Å². The van der Waals surface area contributed by atoms with Crippen molar-refractivity contribution in [1.82, 2.24) is 10.2 Å². The van der Waals surface area contributed by atoms with Crippen molar-refractivity contribution in [3.63, 3.8) is 0 Å². The van der Waals surface area contributed by atoms with E-state index >= 15 is 0 Å². The number of rotatable bonds is 5. The molecule has 1 aliphatic carbocycles. The van der Waals surface area contributed by atoms with Crippen molar-refractivity contribution in [3.05, 3.63) is 105 Å². The molecular weight excluding hydrogens is 808 g/mol. The second-order valence-electron chi connectivity index (χ2n) is 16.3. The van der Waals surface area contributed by atoms with Gasteiger partial charge in [0, 0.05) is 69.9 Å². The summed E-state index contributed by atoms with van der Waals surface area (Å²) in [5.74, 6) is -11.6. The average Bonchev–Trinajstić information content (AvgIpc) is 3.48. The first-order valence-corrected chi connectivity index (χ1v) is 20.1. The smallest absolute Gasteiger partial charge is 0.343 e. The van der Waals surface area contributed by atoms with Gasteiger partial charge in [0.15, 0.2) is 0 Å². The Morgan fingerprint density at radius 3 is 2.21 bits per heavy atom. The van der Waals surface area contributed by atoms with Crippen LogP contribution in [0.5, 0.6) is 11.5 Å². The molecule has 0 spiro atoms. The number of Topliss-reactive ketones (excluding diaryl/α,β-unsaturated/α-hetero) is 3. The standard InChI is InChI=1S/C46H53FN2O13/c1-21-14-12-15-22(2)44(56)48-34-35(49(9)10)39(54)31-32(38(34)53)41(61-45(57)28-16-13-17-29(47)20-28)26(6)42-33(31)43(55)46(8,62-42)59-19-18-30(58-11)23(3)40(60-27(7)50)25(5)37(52)24(4)36(21)51/h12-21,23-25,30,36-37,40,51-52H,1-11H3,(H,48,56). The van der Waals surface area contributed by atoms with Crippen LogP contribution >= 0.6 is 0 Å². The van der Waals surface area contributed by atoms with E-state index in [1.54, 1.807) is 33.8 Å². The quantitative estimate of drug-likeness (QED) is 0.262. The molecule has 1 amide bonds. The molecule has 0 radical (unpaired) electrons. The monoisotopic (exact) mass is 860 g/mol. The Balaban J connectivity index is 1.73. The van der Waals surface area contributed by atoms with E-state index in [1.165, 1.54) is 84.2 Å². The summed E-state index contributed by atoms with van der Waals surface area (Å²) in [7, 11) is 4.31. The third kappa shape index (κ3) is 8.99. The molecule has 0 saturated carbocycles. The number of esters is 2. The number of hydrogen-bond donors (Lipinski definition) is 3. The number of hydrogen-bond acceptors (Lipinski definition) is 14. The summed E-state index contributed by atoms with van der Waals surface area (Å²) < 4.78 is 43.6. The van der Waals surface area contributed by atoms with Crippen LogP contribution in [-0.2, 0) is 23.8 Å². The topological polar surface area (TPSA) is 204 Å². The summed E-state index contributed by atoms with van der Waals surface area (Å²) in [4.78, 5) is 85.1. The highest BCUT2D eigenvalue weighted by atomic mass is 19.1. The lowest BCUT2D eigenvalue weighted by Gasteiger charge is -2.38. The number of carbonyl (C=O) groups is 6. The number of carbonyl (C=O) groups excluding carboxylic acids is 6. The van der Waals surface area contributed by atoms with Gasteiger partial charge in [-0.15, -0.1) is 0 Å². The number of nitrogens with one attached hydrogen (secondary N) is 1. The van der Waals surface area contributed by atoms with Gasteiger partial charge < -0.3 is 44.1 Å². The molecule has 6 rings (SSSR count). The molecule has 0 saturated heterocycles. The predicted octanol–water partition coefficient (Wildman–Crippen LogP) is 5.17. The number of nitrogens with zero attached hydrogens (tertiary/aromatic N) is 1. The highest BCUT2D eigenvalue weighted by Gasteiger charge is 2.53. The highest BCUT2D eigenvalue weighted by Crippen LogP contribution is 2.49. The van der Waals surface area contributed by atoms with Crippen LogP contribution in [-0.4, -0.2) is 102 Å². The van der Waals surface area contributed by atoms with Crippen LogP contribution in [0, 0.1) is 36.4 Å². The second-order valence-corrected chi connectivity index (χ2v) is 16.3. The molecule has 0 aromatic heterocycles. The van der Waals surface area contributed by atoms with Crippen LogP contribution in [0.2, 0.25) is 0 Å². The average molecular weight is 861 g/mol. The van der Waals surface area contributed by atoms with Gasteiger partial charge in [-0.3, -0.25) is 24.0 Å². The molecular formula is C46H53FN2O13. The zero-order valence-electron chi connectivity index (χ0n) is 36.5. The number of ketones is 3. The molecule has 4 aliphatic rings. The van der Waals surface area contributed by atoms with Gasteiger partial charge >= 0.3 is 17.7 Å². The Kier molecular flexibility index (Phi) is 14.1. The summed E-state index contributed by atoms with van der Waals surface area (Å²) in [5.41, 5.74) is -2.36. The van der Waals surface area contributed by atoms with Crippen LogP contribution in [0.1, 0.15) is 95.5 Å². The van der Waals surface area contributed by atoms with Crippen molar-refractivity contribution in [2.24, 2.45) is 23.7 Å². The van der Waals surface area contributed by atoms with E-state index in [9.17, 15) is 43.4 Å². The van der Waals surface area contributed by atoms with Crippen molar-refractivity contribution in [2.75, 3.05) is 21.2 Å². The maximum atomic E-state index is 14.8. The zero-order chi connectivity index (χ0) is 46.1.